The van der Waals surface area contributed by atoms with Gasteiger partial charge in [-0.2, -0.15) is 0 Å². The fraction of sp³-hybridized carbons (Fsp3) is 0.448. The van der Waals surface area contributed by atoms with Crippen LogP contribution in [0.1, 0.15) is 69.4 Å². The average Bonchev–Trinajstić information content (AvgIpc) is 3.32. The lowest BCUT2D eigenvalue weighted by atomic mass is 9.68. The molecule has 1 fully saturated rings. The van der Waals surface area contributed by atoms with Crippen LogP contribution in [0.15, 0.2) is 58.5 Å². The summed E-state index contributed by atoms with van der Waals surface area (Å²) >= 11 is 1.71. The lowest BCUT2D eigenvalue weighted by Crippen LogP contribution is -2.40. The Morgan fingerprint density at radius 2 is 1.88 bits per heavy atom. The van der Waals surface area contributed by atoms with E-state index < -0.39 is 0 Å². The van der Waals surface area contributed by atoms with E-state index in [1.165, 1.54) is 37.7 Å². The molecule has 4 nitrogen and oxygen atoms in total. The van der Waals surface area contributed by atoms with E-state index in [1.54, 1.807) is 18.9 Å². The van der Waals surface area contributed by atoms with E-state index in [2.05, 4.69) is 31.2 Å². The number of hydrogen-bond donors (Lipinski definition) is 0. The summed E-state index contributed by atoms with van der Waals surface area (Å²) in [5, 5.41) is 0.790. The van der Waals surface area contributed by atoms with E-state index in [0.717, 1.165) is 64.9 Å². The van der Waals surface area contributed by atoms with Crippen LogP contribution in [0.4, 0.5) is 0 Å². The van der Waals surface area contributed by atoms with Gasteiger partial charge in [0, 0.05) is 22.8 Å². The molecule has 1 heterocycles. The van der Waals surface area contributed by atoms with Gasteiger partial charge in [0.25, 0.3) is 5.56 Å². The normalized spacial score (nSPS) is 15.8. The lowest BCUT2D eigenvalue weighted by molar-refractivity contribution is 0.413. The van der Waals surface area contributed by atoms with Crippen molar-refractivity contribution in [3.8, 4) is 22.7 Å². The molecular weight excluding hydrogens is 440 g/mol. The van der Waals surface area contributed by atoms with E-state index in [0.29, 0.717) is 0 Å². The number of fused-ring (bicyclic) bond motifs is 4. The summed E-state index contributed by atoms with van der Waals surface area (Å²) < 4.78 is 7.35. The van der Waals surface area contributed by atoms with E-state index in [9.17, 15) is 4.79 Å². The van der Waals surface area contributed by atoms with Crippen molar-refractivity contribution in [1.82, 2.24) is 9.55 Å². The van der Waals surface area contributed by atoms with E-state index in [4.69, 9.17) is 9.72 Å². The molecule has 2 aliphatic rings. The van der Waals surface area contributed by atoms with Crippen molar-refractivity contribution in [1.29, 1.82) is 0 Å². The van der Waals surface area contributed by atoms with Crippen LogP contribution in [-0.2, 0) is 11.8 Å². The van der Waals surface area contributed by atoms with Crippen LogP contribution in [0.2, 0.25) is 0 Å². The topological polar surface area (TPSA) is 44.1 Å². The van der Waals surface area contributed by atoms with Crippen molar-refractivity contribution in [3.05, 3.63) is 70.0 Å². The molecule has 0 amide bonds. The fourth-order valence-electron chi connectivity index (χ4n) is 5.78. The number of benzene rings is 2. The molecule has 3 aromatic rings. The number of aromatic nitrogens is 2. The molecule has 0 saturated heterocycles. The van der Waals surface area contributed by atoms with Crippen LogP contribution in [0.25, 0.3) is 16.9 Å². The molecule has 5 rings (SSSR count). The Balaban J connectivity index is 1.70. The Bertz CT molecular complexity index is 1230. The molecule has 1 spiro atoms. The number of thioether (sulfide) groups is 1. The monoisotopic (exact) mass is 474 g/mol. The van der Waals surface area contributed by atoms with Crippen LogP contribution in [0.5, 0.6) is 5.75 Å². The second-order valence-electron chi connectivity index (χ2n) is 9.69. The first-order chi connectivity index (χ1) is 16.7. The smallest absolute Gasteiger partial charge is 0.263 e. The highest BCUT2D eigenvalue weighted by Gasteiger charge is 2.44. The van der Waals surface area contributed by atoms with E-state index in [-0.39, 0.29) is 11.0 Å². The van der Waals surface area contributed by atoms with Crippen molar-refractivity contribution < 1.29 is 4.74 Å². The zero-order chi connectivity index (χ0) is 23.5. The Kier molecular flexibility index (Phi) is 6.82. The maximum absolute atomic E-state index is 14.4. The molecule has 1 aromatic heterocycles. The second kappa shape index (κ2) is 9.99. The highest BCUT2D eigenvalue weighted by atomic mass is 32.2. The molecule has 0 unspecified atom stereocenters. The molecule has 0 radical (unpaired) electrons. The Hall–Kier alpha value is -2.53. The fourth-order valence-corrected chi connectivity index (χ4v) is 6.78. The molecule has 2 aromatic carbocycles. The standard InChI is InChI=1S/C29H34N2O2S/c1-3-4-5-10-18-34-28-30-26-24-15-7-6-12-21(24)20-29(16-8-9-17-29)25(26)27(32)31(28)22-13-11-14-23(19-22)33-2/h6-7,11-15,19H,3-5,8-10,16-18,20H2,1-2H3. The SMILES string of the molecule is CCCCCCSc1nc2c(c(=O)n1-c1cccc(OC)c1)C1(CCCC1)Cc1ccccc1-2. The predicted molar refractivity (Wildman–Crippen MR) is 141 cm³/mol. The van der Waals surface area contributed by atoms with Gasteiger partial charge in [-0.15, -0.1) is 0 Å². The van der Waals surface area contributed by atoms with E-state index >= 15 is 0 Å². The van der Waals surface area contributed by atoms with Gasteiger partial charge in [0.2, 0.25) is 0 Å². The van der Waals surface area contributed by atoms with Gasteiger partial charge in [-0.25, -0.2) is 4.98 Å². The van der Waals surface area contributed by atoms with Crippen molar-refractivity contribution in [3.63, 3.8) is 0 Å². The summed E-state index contributed by atoms with van der Waals surface area (Å²) in [5.74, 6) is 1.71. The summed E-state index contributed by atoms with van der Waals surface area (Å²) in [5.41, 5.74) is 5.16. The maximum Gasteiger partial charge on any atom is 0.263 e. The first-order valence-corrected chi connectivity index (χ1v) is 13.7. The summed E-state index contributed by atoms with van der Waals surface area (Å²) in [7, 11) is 1.67. The Labute approximate surface area is 206 Å². The van der Waals surface area contributed by atoms with Crippen LogP contribution >= 0.6 is 11.8 Å². The molecule has 0 N–H and O–H groups in total. The predicted octanol–water partition coefficient (Wildman–Crippen LogP) is 6.95. The zero-order valence-electron chi connectivity index (χ0n) is 20.3. The Morgan fingerprint density at radius 3 is 2.68 bits per heavy atom. The number of nitrogens with zero attached hydrogens (tertiary/aromatic N) is 2. The molecule has 0 atom stereocenters. The minimum absolute atomic E-state index is 0.0985. The van der Waals surface area contributed by atoms with Crippen LogP contribution < -0.4 is 10.3 Å². The van der Waals surface area contributed by atoms with Gasteiger partial charge in [0.05, 0.1) is 24.1 Å². The third-order valence-electron chi connectivity index (χ3n) is 7.49. The summed E-state index contributed by atoms with van der Waals surface area (Å²) in [6.45, 7) is 2.23. The number of rotatable bonds is 8. The quantitative estimate of drug-likeness (QED) is 0.201. The zero-order valence-corrected chi connectivity index (χ0v) is 21.1. The van der Waals surface area contributed by atoms with Crippen LogP contribution in [0.3, 0.4) is 0 Å². The molecule has 34 heavy (non-hydrogen) atoms. The van der Waals surface area contributed by atoms with Gasteiger partial charge in [0.1, 0.15) is 5.75 Å². The Morgan fingerprint density at radius 1 is 1.06 bits per heavy atom. The maximum atomic E-state index is 14.4. The van der Waals surface area contributed by atoms with Crippen molar-refractivity contribution in [2.75, 3.05) is 12.9 Å². The highest BCUT2D eigenvalue weighted by Crippen LogP contribution is 2.50. The third-order valence-corrected chi connectivity index (χ3v) is 8.51. The molecule has 0 bridgehead atoms. The van der Waals surface area contributed by atoms with Gasteiger partial charge in [-0.3, -0.25) is 9.36 Å². The number of unbranched alkanes of at least 4 members (excludes halogenated alkanes) is 3. The second-order valence-corrected chi connectivity index (χ2v) is 10.8. The largest absolute Gasteiger partial charge is 0.497 e. The lowest BCUT2D eigenvalue weighted by Gasteiger charge is -2.36. The number of hydrogen-bond acceptors (Lipinski definition) is 4. The molecule has 2 aliphatic carbocycles. The first-order valence-electron chi connectivity index (χ1n) is 12.7. The number of methoxy groups -OCH3 is 1. The van der Waals surface area contributed by atoms with Gasteiger partial charge >= 0.3 is 0 Å². The van der Waals surface area contributed by atoms with Crippen LogP contribution in [-0.4, -0.2) is 22.4 Å². The summed E-state index contributed by atoms with van der Waals surface area (Å²) in [4.78, 5) is 19.7. The average molecular weight is 475 g/mol. The molecule has 1 saturated carbocycles. The van der Waals surface area contributed by atoms with Crippen molar-refractivity contribution in [2.45, 2.75) is 75.3 Å². The molecule has 0 aliphatic heterocycles. The highest BCUT2D eigenvalue weighted by molar-refractivity contribution is 7.99. The van der Waals surface area contributed by atoms with Crippen molar-refractivity contribution in [2.24, 2.45) is 0 Å². The van der Waals surface area contributed by atoms with Gasteiger partial charge in [0.15, 0.2) is 5.16 Å². The molecule has 178 valence electrons. The van der Waals surface area contributed by atoms with Gasteiger partial charge in [-0.1, -0.05) is 81.1 Å². The van der Waals surface area contributed by atoms with Gasteiger partial charge < -0.3 is 4.74 Å². The van der Waals surface area contributed by atoms with Crippen LogP contribution in [0, 0.1) is 0 Å². The molecular formula is C29H34N2O2S. The van der Waals surface area contributed by atoms with Crippen molar-refractivity contribution >= 4 is 11.8 Å². The minimum Gasteiger partial charge on any atom is -0.497 e. The van der Waals surface area contributed by atoms with E-state index in [1.807, 2.05) is 28.8 Å². The summed E-state index contributed by atoms with van der Waals surface area (Å²) in [6, 6.07) is 16.4. The third kappa shape index (κ3) is 4.19. The minimum atomic E-state index is -0.0985. The first kappa shape index (κ1) is 23.2. The summed E-state index contributed by atoms with van der Waals surface area (Å²) in [6.07, 6.45) is 10.2. The molecule has 5 heteroatoms. The number of ether oxygens (including phenoxy) is 1. The van der Waals surface area contributed by atoms with Gasteiger partial charge in [-0.05, 0) is 43.4 Å².